The van der Waals surface area contributed by atoms with Gasteiger partial charge >= 0.3 is 12.0 Å². The normalized spacial score (nSPS) is 24.7. The molecule has 1 aromatic rings. The summed E-state index contributed by atoms with van der Waals surface area (Å²) in [5.74, 6) is -1.65. The third-order valence-corrected chi connectivity index (χ3v) is 5.14. The second-order valence-electron chi connectivity index (χ2n) is 6.79. The Hall–Kier alpha value is -2.68. The highest BCUT2D eigenvalue weighted by atomic mass is 35.5. The second kappa shape index (κ2) is 7.51. The van der Waals surface area contributed by atoms with Gasteiger partial charge in [-0.25, -0.2) is 14.6 Å². The molecule has 27 heavy (non-hydrogen) atoms. The van der Waals surface area contributed by atoms with Gasteiger partial charge in [0, 0.05) is 6.20 Å². The van der Waals surface area contributed by atoms with Crippen LogP contribution in [0.25, 0.3) is 0 Å². The molecule has 0 unspecified atom stereocenters. The minimum atomic E-state index is -0.962. The Morgan fingerprint density at radius 3 is 2.78 bits per heavy atom. The first-order chi connectivity index (χ1) is 12.8. The topological polar surface area (TPSA) is 118 Å². The number of esters is 1. The zero-order valence-electron chi connectivity index (χ0n) is 14.7. The molecule has 0 atom stereocenters. The Bertz CT molecular complexity index is 791. The molecule has 4 amide bonds. The number of hydrogen-bond donors (Lipinski definition) is 2. The fourth-order valence-corrected chi connectivity index (χ4v) is 3.42. The van der Waals surface area contributed by atoms with Gasteiger partial charge in [-0.15, -0.1) is 0 Å². The zero-order valence-corrected chi connectivity index (χ0v) is 15.4. The third-order valence-electron chi connectivity index (χ3n) is 4.84. The van der Waals surface area contributed by atoms with Gasteiger partial charge in [0.2, 0.25) is 0 Å². The molecule has 1 spiro atoms. The van der Waals surface area contributed by atoms with E-state index in [1.165, 1.54) is 18.3 Å². The molecule has 10 heteroatoms. The Labute approximate surface area is 160 Å². The Morgan fingerprint density at radius 1 is 1.41 bits per heavy atom. The molecule has 2 fully saturated rings. The standard InChI is InChI=1S/C17H19ClN4O5/c1-10-4-6-17(7-5-10)15(25)22(16(26)20-17)21-12(23)9-27-14(24)11-3-2-8-19-13(11)18/h2-3,8,10H,4-7,9H2,1H3,(H,20,26)(H,21,23). The lowest BCUT2D eigenvalue weighted by Crippen LogP contribution is -2.52. The number of nitrogens with zero attached hydrogens (tertiary/aromatic N) is 2. The first-order valence-corrected chi connectivity index (χ1v) is 8.94. The summed E-state index contributed by atoms with van der Waals surface area (Å²) in [6.45, 7) is 1.42. The van der Waals surface area contributed by atoms with Crippen molar-refractivity contribution in [2.75, 3.05) is 6.61 Å². The van der Waals surface area contributed by atoms with E-state index in [0.717, 1.165) is 12.8 Å². The first-order valence-electron chi connectivity index (χ1n) is 8.56. The number of hydrogen-bond acceptors (Lipinski definition) is 6. The number of amides is 4. The summed E-state index contributed by atoms with van der Waals surface area (Å²) in [7, 11) is 0. The van der Waals surface area contributed by atoms with Gasteiger partial charge in [-0.3, -0.25) is 15.0 Å². The fourth-order valence-electron chi connectivity index (χ4n) is 3.22. The molecule has 0 radical (unpaired) electrons. The van der Waals surface area contributed by atoms with Crippen molar-refractivity contribution < 1.29 is 23.9 Å². The lowest BCUT2D eigenvalue weighted by Gasteiger charge is -2.33. The number of ether oxygens (including phenoxy) is 1. The van der Waals surface area contributed by atoms with Crippen molar-refractivity contribution >= 4 is 35.4 Å². The number of pyridine rings is 1. The van der Waals surface area contributed by atoms with Crippen molar-refractivity contribution in [3.8, 4) is 0 Å². The number of carbonyl (C=O) groups is 4. The molecule has 0 bridgehead atoms. The second-order valence-corrected chi connectivity index (χ2v) is 7.15. The molecule has 2 heterocycles. The summed E-state index contributed by atoms with van der Waals surface area (Å²) < 4.78 is 4.86. The van der Waals surface area contributed by atoms with Gasteiger partial charge in [-0.05, 0) is 43.7 Å². The average Bonchev–Trinajstić information content (AvgIpc) is 2.87. The van der Waals surface area contributed by atoms with Crippen molar-refractivity contribution in [2.45, 2.75) is 38.1 Å². The SMILES string of the molecule is CC1CCC2(CC1)NC(=O)N(NC(=O)COC(=O)c1cccnc1Cl)C2=O. The summed E-state index contributed by atoms with van der Waals surface area (Å²) in [6, 6.07) is 2.21. The predicted octanol–water partition coefficient (Wildman–Crippen LogP) is 1.42. The van der Waals surface area contributed by atoms with Crippen LogP contribution in [0.1, 0.15) is 43.0 Å². The van der Waals surface area contributed by atoms with Crippen LogP contribution in [0.3, 0.4) is 0 Å². The highest BCUT2D eigenvalue weighted by molar-refractivity contribution is 6.32. The summed E-state index contributed by atoms with van der Waals surface area (Å²) in [6.07, 6.45) is 4.10. The van der Waals surface area contributed by atoms with Crippen LogP contribution in [-0.2, 0) is 14.3 Å². The van der Waals surface area contributed by atoms with Gasteiger partial charge in [0.25, 0.3) is 11.8 Å². The van der Waals surface area contributed by atoms with E-state index in [-0.39, 0.29) is 10.7 Å². The largest absolute Gasteiger partial charge is 0.452 e. The molecular weight excluding hydrogens is 376 g/mol. The van der Waals surface area contributed by atoms with Crippen LogP contribution >= 0.6 is 11.6 Å². The highest BCUT2D eigenvalue weighted by Crippen LogP contribution is 2.35. The molecule has 1 saturated carbocycles. The minimum Gasteiger partial charge on any atom is -0.452 e. The van der Waals surface area contributed by atoms with Gasteiger partial charge in [-0.1, -0.05) is 18.5 Å². The van der Waals surface area contributed by atoms with Crippen molar-refractivity contribution in [3.63, 3.8) is 0 Å². The molecule has 1 saturated heterocycles. The quantitative estimate of drug-likeness (QED) is 0.453. The van der Waals surface area contributed by atoms with E-state index in [4.69, 9.17) is 16.3 Å². The molecule has 1 aliphatic carbocycles. The van der Waals surface area contributed by atoms with Crippen LogP contribution < -0.4 is 10.7 Å². The number of urea groups is 1. The van der Waals surface area contributed by atoms with Gasteiger partial charge in [0.1, 0.15) is 10.7 Å². The van der Waals surface area contributed by atoms with Crippen molar-refractivity contribution in [3.05, 3.63) is 29.0 Å². The summed E-state index contributed by atoms with van der Waals surface area (Å²) in [5, 5.41) is 3.29. The van der Waals surface area contributed by atoms with E-state index in [9.17, 15) is 19.2 Å². The summed E-state index contributed by atoms with van der Waals surface area (Å²) >= 11 is 5.78. The van der Waals surface area contributed by atoms with Crippen LogP contribution in [-0.4, -0.2) is 46.0 Å². The average molecular weight is 395 g/mol. The maximum atomic E-state index is 12.6. The van der Waals surface area contributed by atoms with Gasteiger partial charge < -0.3 is 10.1 Å². The maximum absolute atomic E-state index is 12.6. The molecule has 2 N–H and O–H groups in total. The van der Waals surface area contributed by atoms with Crippen LogP contribution in [0.2, 0.25) is 5.15 Å². The van der Waals surface area contributed by atoms with E-state index in [1.54, 1.807) is 0 Å². The van der Waals surface area contributed by atoms with E-state index >= 15 is 0 Å². The van der Waals surface area contributed by atoms with Gasteiger partial charge in [0.05, 0.1) is 5.56 Å². The molecular formula is C17H19ClN4O5. The van der Waals surface area contributed by atoms with E-state index in [0.29, 0.717) is 23.8 Å². The maximum Gasteiger partial charge on any atom is 0.344 e. The fraction of sp³-hybridized carbons (Fsp3) is 0.471. The smallest absolute Gasteiger partial charge is 0.344 e. The number of nitrogens with one attached hydrogen (secondary N) is 2. The Kier molecular flexibility index (Phi) is 5.31. The molecule has 1 aliphatic heterocycles. The van der Waals surface area contributed by atoms with E-state index in [1.807, 2.05) is 0 Å². The van der Waals surface area contributed by atoms with Gasteiger partial charge in [-0.2, -0.15) is 5.01 Å². The van der Waals surface area contributed by atoms with E-state index in [2.05, 4.69) is 22.7 Å². The van der Waals surface area contributed by atoms with Crippen molar-refractivity contribution in [1.82, 2.24) is 20.7 Å². The monoisotopic (exact) mass is 394 g/mol. The molecule has 2 aliphatic rings. The number of carbonyl (C=O) groups excluding carboxylic acids is 4. The summed E-state index contributed by atoms with van der Waals surface area (Å²) in [4.78, 5) is 52.4. The Balaban J connectivity index is 1.56. The minimum absolute atomic E-state index is 0.0113. The highest BCUT2D eigenvalue weighted by Gasteiger charge is 2.52. The third kappa shape index (κ3) is 3.87. The molecule has 9 nitrogen and oxygen atoms in total. The zero-order chi connectivity index (χ0) is 19.6. The lowest BCUT2D eigenvalue weighted by atomic mass is 9.77. The van der Waals surface area contributed by atoms with Crippen LogP contribution in [0.15, 0.2) is 18.3 Å². The number of aromatic nitrogens is 1. The first kappa shape index (κ1) is 19.1. The predicted molar refractivity (Wildman–Crippen MR) is 93.4 cm³/mol. The van der Waals surface area contributed by atoms with Crippen LogP contribution in [0.4, 0.5) is 4.79 Å². The Morgan fingerprint density at radius 2 is 2.11 bits per heavy atom. The van der Waals surface area contributed by atoms with Crippen LogP contribution in [0.5, 0.6) is 0 Å². The van der Waals surface area contributed by atoms with E-state index < -0.39 is 36.0 Å². The lowest BCUT2D eigenvalue weighted by molar-refractivity contribution is -0.141. The number of halogens is 1. The number of hydrazine groups is 1. The van der Waals surface area contributed by atoms with Crippen molar-refractivity contribution in [1.29, 1.82) is 0 Å². The summed E-state index contributed by atoms with van der Waals surface area (Å²) in [5.41, 5.74) is 1.24. The molecule has 1 aromatic heterocycles. The van der Waals surface area contributed by atoms with Crippen molar-refractivity contribution in [2.24, 2.45) is 5.92 Å². The molecule has 144 valence electrons. The van der Waals surface area contributed by atoms with Gasteiger partial charge in [0.15, 0.2) is 6.61 Å². The number of imide groups is 1. The molecule has 3 rings (SSSR count). The number of rotatable bonds is 4. The van der Waals surface area contributed by atoms with Crippen LogP contribution in [0, 0.1) is 5.92 Å². The molecule has 0 aromatic carbocycles.